The smallest absolute Gasteiger partial charge is 0.122 e. The summed E-state index contributed by atoms with van der Waals surface area (Å²) in [6.45, 7) is 4.47. The third-order valence-electron chi connectivity index (χ3n) is 2.19. The second kappa shape index (κ2) is 6.70. The van der Waals surface area contributed by atoms with Gasteiger partial charge in [-0.15, -0.1) is 0 Å². The van der Waals surface area contributed by atoms with Crippen LogP contribution in [-0.4, -0.2) is 21.5 Å². The zero-order valence-corrected chi connectivity index (χ0v) is 10.3. The van der Waals surface area contributed by atoms with Crippen molar-refractivity contribution in [3.63, 3.8) is 0 Å². The molecule has 0 bridgehead atoms. The molecule has 17 heavy (non-hydrogen) atoms. The molecule has 0 atom stereocenters. The summed E-state index contributed by atoms with van der Waals surface area (Å²) in [6, 6.07) is 11.6. The first kappa shape index (κ1) is 13.3. The summed E-state index contributed by atoms with van der Waals surface area (Å²) >= 11 is 0. The third-order valence-corrected chi connectivity index (χ3v) is 2.19. The molecule has 0 unspecified atom stereocenters. The number of aliphatic hydroxyl groups excluding tert-OH is 1. The molecule has 3 N–H and O–H groups in total. The molecule has 0 saturated carbocycles. The van der Waals surface area contributed by atoms with Gasteiger partial charge in [-0.2, -0.15) is 5.10 Å². The molecule has 1 heterocycles. The van der Waals surface area contributed by atoms with Crippen LogP contribution in [0.25, 0.3) is 11.3 Å². The molecule has 0 aliphatic rings. The number of nitrogens with two attached hydrogens (primary N) is 1. The number of rotatable bonds is 3. The largest absolute Gasteiger partial charge is 0.394 e. The molecule has 92 valence electrons. The Balaban J connectivity index is 0.000000686. The minimum atomic E-state index is 0.0418. The van der Waals surface area contributed by atoms with Crippen LogP contribution in [0.2, 0.25) is 0 Å². The molecular weight excluding hydrogens is 214 g/mol. The molecule has 0 saturated heterocycles. The van der Waals surface area contributed by atoms with Crippen LogP contribution in [-0.2, 0) is 6.54 Å². The fourth-order valence-electron chi connectivity index (χ4n) is 1.46. The van der Waals surface area contributed by atoms with Crippen molar-refractivity contribution in [1.82, 2.24) is 9.78 Å². The van der Waals surface area contributed by atoms with E-state index in [0.717, 1.165) is 11.3 Å². The van der Waals surface area contributed by atoms with E-state index in [0.29, 0.717) is 12.4 Å². The van der Waals surface area contributed by atoms with Crippen molar-refractivity contribution < 1.29 is 5.11 Å². The van der Waals surface area contributed by atoms with Crippen LogP contribution >= 0.6 is 0 Å². The number of nitrogens with zero attached hydrogens (tertiary/aromatic N) is 2. The van der Waals surface area contributed by atoms with E-state index in [1.54, 1.807) is 4.68 Å². The second-order valence-corrected chi connectivity index (χ2v) is 3.27. The van der Waals surface area contributed by atoms with E-state index in [-0.39, 0.29) is 6.61 Å². The highest BCUT2D eigenvalue weighted by atomic mass is 16.3. The average Bonchev–Trinajstić information content (AvgIpc) is 2.75. The highest BCUT2D eigenvalue weighted by Crippen LogP contribution is 2.19. The molecule has 0 aliphatic carbocycles. The fourth-order valence-corrected chi connectivity index (χ4v) is 1.46. The van der Waals surface area contributed by atoms with Gasteiger partial charge in [0.2, 0.25) is 0 Å². The molecule has 4 heteroatoms. The van der Waals surface area contributed by atoms with E-state index in [1.165, 1.54) is 0 Å². The van der Waals surface area contributed by atoms with Crippen molar-refractivity contribution in [2.45, 2.75) is 20.4 Å². The fraction of sp³-hybridized carbons (Fsp3) is 0.308. The maximum Gasteiger partial charge on any atom is 0.122 e. The minimum Gasteiger partial charge on any atom is -0.394 e. The van der Waals surface area contributed by atoms with Gasteiger partial charge in [0.25, 0.3) is 0 Å². The molecule has 0 radical (unpaired) electrons. The molecule has 1 aromatic heterocycles. The molecule has 1 aromatic carbocycles. The first-order valence-corrected chi connectivity index (χ1v) is 5.81. The van der Waals surface area contributed by atoms with Crippen LogP contribution in [0.5, 0.6) is 0 Å². The van der Waals surface area contributed by atoms with Crippen LogP contribution in [0.4, 0.5) is 5.82 Å². The van der Waals surface area contributed by atoms with Gasteiger partial charge in [-0.1, -0.05) is 44.2 Å². The number of anilines is 1. The van der Waals surface area contributed by atoms with Gasteiger partial charge in [-0.25, -0.2) is 4.68 Å². The zero-order valence-electron chi connectivity index (χ0n) is 10.3. The van der Waals surface area contributed by atoms with Gasteiger partial charge in [-0.3, -0.25) is 0 Å². The summed E-state index contributed by atoms with van der Waals surface area (Å²) in [6.07, 6.45) is 0. The predicted octanol–water partition coefficient (Wildman–Crippen LogP) is 2.15. The topological polar surface area (TPSA) is 64.1 Å². The Kier molecular flexibility index (Phi) is 5.23. The van der Waals surface area contributed by atoms with E-state index >= 15 is 0 Å². The summed E-state index contributed by atoms with van der Waals surface area (Å²) < 4.78 is 1.60. The normalized spacial score (nSPS) is 9.59. The van der Waals surface area contributed by atoms with Gasteiger partial charge in [0.1, 0.15) is 5.82 Å². The van der Waals surface area contributed by atoms with Gasteiger partial charge >= 0.3 is 0 Å². The lowest BCUT2D eigenvalue weighted by atomic mass is 10.2. The molecule has 4 nitrogen and oxygen atoms in total. The van der Waals surface area contributed by atoms with E-state index in [9.17, 15) is 0 Å². The number of aromatic nitrogens is 2. The number of aliphatic hydroxyl groups is 1. The quantitative estimate of drug-likeness (QED) is 0.853. The van der Waals surface area contributed by atoms with Crippen LogP contribution in [0.3, 0.4) is 0 Å². The zero-order chi connectivity index (χ0) is 12.7. The van der Waals surface area contributed by atoms with Gasteiger partial charge in [-0.05, 0) is 0 Å². The van der Waals surface area contributed by atoms with Crippen molar-refractivity contribution in [1.29, 1.82) is 0 Å². The second-order valence-electron chi connectivity index (χ2n) is 3.27. The number of hydrogen-bond acceptors (Lipinski definition) is 3. The van der Waals surface area contributed by atoms with Crippen LogP contribution in [0.15, 0.2) is 36.4 Å². The van der Waals surface area contributed by atoms with Gasteiger partial charge in [0, 0.05) is 11.6 Å². The highest BCUT2D eigenvalue weighted by molar-refractivity contribution is 5.61. The SMILES string of the molecule is CC.Nc1cc(-c2ccccc2)nn1CCO. The first-order chi connectivity index (χ1) is 8.31. The Bertz CT molecular complexity index is 437. The Hall–Kier alpha value is -1.81. The summed E-state index contributed by atoms with van der Waals surface area (Å²) in [5, 5.41) is 13.1. The highest BCUT2D eigenvalue weighted by Gasteiger charge is 2.05. The van der Waals surface area contributed by atoms with Crippen molar-refractivity contribution in [3.8, 4) is 11.3 Å². The maximum absolute atomic E-state index is 8.81. The molecule has 0 fully saturated rings. The molecular formula is C13H19N3O. The summed E-state index contributed by atoms with van der Waals surface area (Å²) in [4.78, 5) is 0. The lowest BCUT2D eigenvalue weighted by Gasteiger charge is -1.99. The minimum absolute atomic E-state index is 0.0418. The molecule has 0 amide bonds. The van der Waals surface area contributed by atoms with Gasteiger partial charge in [0.05, 0.1) is 18.8 Å². The lowest BCUT2D eigenvalue weighted by molar-refractivity contribution is 0.270. The maximum atomic E-state index is 8.81. The summed E-state index contributed by atoms with van der Waals surface area (Å²) in [7, 11) is 0. The Morgan fingerprint density at radius 2 is 1.88 bits per heavy atom. The molecule has 2 rings (SSSR count). The van der Waals surface area contributed by atoms with E-state index in [2.05, 4.69) is 5.10 Å². The number of benzene rings is 1. The van der Waals surface area contributed by atoms with Crippen LogP contribution in [0.1, 0.15) is 13.8 Å². The summed E-state index contributed by atoms with van der Waals surface area (Å²) in [5.41, 5.74) is 7.62. The van der Waals surface area contributed by atoms with Gasteiger partial charge in [0.15, 0.2) is 0 Å². The standard InChI is InChI=1S/C11H13N3O.C2H6/c12-11-8-10(13-14(11)6-7-15)9-4-2-1-3-5-9;1-2/h1-5,8,15H,6-7,12H2;1-2H3. The first-order valence-electron chi connectivity index (χ1n) is 5.81. The van der Waals surface area contributed by atoms with Crippen molar-refractivity contribution >= 4 is 5.82 Å². The van der Waals surface area contributed by atoms with E-state index in [4.69, 9.17) is 10.8 Å². The third kappa shape index (κ3) is 3.32. The van der Waals surface area contributed by atoms with Gasteiger partial charge < -0.3 is 10.8 Å². The Morgan fingerprint density at radius 1 is 1.24 bits per heavy atom. The van der Waals surface area contributed by atoms with Crippen LogP contribution < -0.4 is 5.73 Å². The number of hydrogen-bond donors (Lipinski definition) is 2. The lowest BCUT2D eigenvalue weighted by Crippen LogP contribution is -2.07. The average molecular weight is 233 g/mol. The summed E-state index contributed by atoms with van der Waals surface area (Å²) in [5.74, 6) is 0.572. The number of nitrogen functional groups attached to an aromatic ring is 1. The van der Waals surface area contributed by atoms with Crippen LogP contribution in [0, 0.1) is 0 Å². The van der Waals surface area contributed by atoms with E-state index < -0.39 is 0 Å². The molecule has 0 spiro atoms. The van der Waals surface area contributed by atoms with E-state index in [1.807, 2.05) is 50.2 Å². The monoisotopic (exact) mass is 233 g/mol. The Labute approximate surface area is 102 Å². The molecule has 0 aliphatic heterocycles. The Morgan fingerprint density at radius 3 is 2.47 bits per heavy atom. The predicted molar refractivity (Wildman–Crippen MR) is 70.5 cm³/mol. The van der Waals surface area contributed by atoms with Crippen molar-refractivity contribution in [3.05, 3.63) is 36.4 Å². The molecule has 2 aromatic rings. The van der Waals surface area contributed by atoms with Crippen molar-refractivity contribution in [2.24, 2.45) is 0 Å². The van der Waals surface area contributed by atoms with Crippen molar-refractivity contribution in [2.75, 3.05) is 12.3 Å².